The molecule has 0 saturated heterocycles. The molecule has 2 unspecified atom stereocenters. The topological polar surface area (TPSA) is 20.2 Å². The van der Waals surface area contributed by atoms with Crippen LogP contribution in [0.25, 0.3) is 0 Å². The fraction of sp³-hybridized carbons (Fsp3) is 1.00. The minimum Gasteiger partial charge on any atom is -0.390 e. The standard InChI is InChI=1S/C8H17FO/c1-6(10)8(5,9)7(2,3)4/h6,10H,1-5H3. The molecule has 62 valence electrons. The summed E-state index contributed by atoms with van der Waals surface area (Å²) in [6.07, 6.45) is -0.910. The van der Waals surface area contributed by atoms with Gasteiger partial charge in [0.25, 0.3) is 0 Å². The van der Waals surface area contributed by atoms with Gasteiger partial charge in [0.2, 0.25) is 0 Å². The van der Waals surface area contributed by atoms with Crippen molar-refractivity contribution < 1.29 is 9.50 Å². The van der Waals surface area contributed by atoms with Crippen molar-refractivity contribution >= 4 is 0 Å². The van der Waals surface area contributed by atoms with Gasteiger partial charge in [-0.05, 0) is 19.3 Å². The lowest BCUT2D eigenvalue weighted by Gasteiger charge is -2.36. The molecule has 0 saturated carbocycles. The smallest absolute Gasteiger partial charge is 0.138 e. The molecule has 1 N–H and O–H groups in total. The van der Waals surface area contributed by atoms with Crippen molar-refractivity contribution in [3.8, 4) is 0 Å². The van der Waals surface area contributed by atoms with Gasteiger partial charge in [-0.1, -0.05) is 20.8 Å². The second kappa shape index (κ2) is 2.50. The summed E-state index contributed by atoms with van der Waals surface area (Å²) >= 11 is 0. The van der Waals surface area contributed by atoms with Crippen molar-refractivity contribution in [2.45, 2.75) is 46.4 Å². The van der Waals surface area contributed by atoms with Crippen LogP contribution in [0.4, 0.5) is 4.39 Å². The predicted molar refractivity (Wildman–Crippen MR) is 40.6 cm³/mol. The van der Waals surface area contributed by atoms with Crippen LogP contribution in [0.1, 0.15) is 34.6 Å². The number of aliphatic hydroxyl groups is 1. The molecule has 0 rings (SSSR count). The van der Waals surface area contributed by atoms with E-state index in [0.29, 0.717) is 0 Å². The Bertz CT molecular complexity index is 111. The summed E-state index contributed by atoms with van der Waals surface area (Å²) in [7, 11) is 0. The second-order valence-electron chi connectivity index (χ2n) is 4.00. The molecule has 0 spiro atoms. The zero-order chi connectivity index (χ0) is 8.58. The molecule has 2 atom stereocenters. The average molecular weight is 148 g/mol. The van der Waals surface area contributed by atoms with E-state index in [1.807, 2.05) is 0 Å². The van der Waals surface area contributed by atoms with Gasteiger partial charge in [0, 0.05) is 0 Å². The largest absolute Gasteiger partial charge is 0.390 e. The quantitative estimate of drug-likeness (QED) is 0.604. The normalized spacial score (nSPS) is 21.9. The van der Waals surface area contributed by atoms with Gasteiger partial charge in [-0.3, -0.25) is 0 Å². The van der Waals surface area contributed by atoms with Crippen molar-refractivity contribution in [3.05, 3.63) is 0 Å². The van der Waals surface area contributed by atoms with Crippen LogP contribution in [0.2, 0.25) is 0 Å². The molecule has 2 heteroatoms. The minimum atomic E-state index is -1.51. The fourth-order valence-electron chi connectivity index (χ4n) is 0.627. The molecule has 0 aliphatic heterocycles. The summed E-state index contributed by atoms with van der Waals surface area (Å²) in [5.41, 5.74) is -2.01. The summed E-state index contributed by atoms with van der Waals surface area (Å²) in [6, 6.07) is 0. The first kappa shape index (κ1) is 9.89. The highest BCUT2D eigenvalue weighted by molar-refractivity contribution is 4.90. The summed E-state index contributed by atoms with van der Waals surface area (Å²) < 4.78 is 13.5. The minimum absolute atomic E-state index is 0.499. The molecular formula is C8H17FO. The molecule has 0 aliphatic rings. The first-order valence-electron chi connectivity index (χ1n) is 3.56. The zero-order valence-electron chi connectivity index (χ0n) is 7.40. The van der Waals surface area contributed by atoms with E-state index in [1.165, 1.54) is 13.8 Å². The molecule has 0 amide bonds. The maximum Gasteiger partial charge on any atom is 0.138 e. The van der Waals surface area contributed by atoms with E-state index in [1.54, 1.807) is 20.8 Å². The van der Waals surface area contributed by atoms with Gasteiger partial charge in [-0.25, -0.2) is 4.39 Å². The highest BCUT2D eigenvalue weighted by Gasteiger charge is 2.41. The van der Waals surface area contributed by atoms with E-state index in [-0.39, 0.29) is 0 Å². The van der Waals surface area contributed by atoms with Gasteiger partial charge in [-0.15, -0.1) is 0 Å². The Balaban J connectivity index is 4.40. The van der Waals surface area contributed by atoms with Crippen molar-refractivity contribution in [1.29, 1.82) is 0 Å². The summed E-state index contributed by atoms with van der Waals surface area (Å²) in [5.74, 6) is 0. The van der Waals surface area contributed by atoms with E-state index in [4.69, 9.17) is 5.11 Å². The highest BCUT2D eigenvalue weighted by Crippen LogP contribution is 2.36. The van der Waals surface area contributed by atoms with Crippen molar-refractivity contribution in [2.24, 2.45) is 5.41 Å². The first-order chi connectivity index (χ1) is 4.19. The summed E-state index contributed by atoms with van der Waals surface area (Å²) in [4.78, 5) is 0. The predicted octanol–water partition coefficient (Wildman–Crippen LogP) is 2.14. The molecule has 0 aromatic rings. The van der Waals surface area contributed by atoms with Gasteiger partial charge in [0.15, 0.2) is 0 Å². The van der Waals surface area contributed by atoms with Crippen LogP contribution in [0.5, 0.6) is 0 Å². The van der Waals surface area contributed by atoms with Gasteiger partial charge in [-0.2, -0.15) is 0 Å². The van der Waals surface area contributed by atoms with Crippen LogP contribution in [0.15, 0.2) is 0 Å². The molecule has 0 fully saturated rings. The van der Waals surface area contributed by atoms with Gasteiger partial charge in [0.1, 0.15) is 5.67 Å². The number of alkyl halides is 1. The van der Waals surface area contributed by atoms with E-state index in [2.05, 4.69) is 0 Å². The molecular weight excluding hydrogens is 131 g/mol. The third kappa shape index (κ3) is 1.69. The van der Waals surface area contributed by atoms with E-state index >= 15 is 0 Å². The highest BCUT2D eigenvalue weighted by atomic mass is 19.1. The molecule has 1 nitrogen and oxygen atoms in total. The van der Waals surface area contributed by atoms with Crippen LogP contribution in [0.3, 0.4) is 0 Å². The first-order valence-corrected chi connectivity index (χ1v) is 3.56. The average Bonchev–Trinajstić information content (AvgIpc) is 1.62. The molecule has 0 bridgehead atoms. The lowest BCUT2D eigenvalue weighted by Crippen LogP contribution is -2.44. The Hall–Kier alpha value is -0.110. The second-order valence-corrected chi connectivity index (χ2v) is 4.00. The van der Waals surface area contributed by atoms with Gasteiger partial charge in [0.05, 0.1) is 6.10 Å². The van der Waals surface area contributed by atoms with Crippen molar-refractivity contribution in [3.63, 3.8) is 0 Å². The zero-order valence-corrected chi connectivity index (χ0v) is 7.40. The Kier molecular flexibility index (Phi) is 2.47. The number of hydrogen-bond donors (Lipinski definition) is 1. The Morgan fingerprint density at radius 2 is 1.50 bits per heavy atom. The molecule has 0 heterocycles. The third-order valence-corrected chi connectivity index (χ3v) is 2.25. The molecule has 0 aromatic carbocycles. The Morgan fingerprint density at radius 1 is 1.20 bits per heavy atom. The van der Waals surface area contributed by atoms with Gasteiger partial charge < -0.3 is 5.11 Å². The van der Waals surface area contributed by atoms with Crippen LogP contribution in [-0.2, 0) is 0 Å². The molecule has 0 aromatic heterocycles. The van der Waals surface area contributed by atoms with E-state index in [0.717, 1.165) is 0 Å². The summed E-state index contributed by atoms with van der Waals surface area (Å²) in [5, 5.41) is 9.04. The van der Waals surface area contributed by atoms with E-state index < -0.39 is 17.2 Å². The van der Waals surface area contributed by atoms with Crippen LogP contribution >= 0.6 is 0 Å². The summed E-state index contributed by atoms with van der Waals surface area (Å²) in [6.45, 7) is 8.24. The monoisotopic (exact) mass is 148 g/mol. The third-order valence-electron chi connectivity index (χ3n) is 2.25. The van der Waals surface area contributed by atoms with E-state index in [9.17, 15) is 4.39 Å². The number of rotatable bonds is 1. The van der Waals surface area contributed by atoms with Crippen molar-refractivity contribution in [1.82, 2.24) is 0 Å². The lowest BCUT2D eigenvalue weighted by molar-refractivity contribution is -0.0587. The molecule has 0 aliphatic carbocycles. The lowest BCUT2D eigenvalue weighted by atomic mass is 9.76. The molecule has 0 radical (unpaired) electrons. The SMILES string of the molecule is CC(O)C(C)(F)C(C)(C)C. The van der Waals surface area contributed by atoms with Gasteiger partial charge >= 0.3 is 0 Å². The van der Waals surface area contributed by atoms with Crippen LogP contribution in [0, 0.1) is 5.41 Å². The Labute approximate surface area is 62.3 Å². The number of halogens is 1. The molecule has 10 heavy (non-hydrogen) atoms. The maximum atomic E-state index is 13.5. The van der Waals surface area contributed by atoms with Crippen LogP contribution < -0.4 is 0 Å². The maximum absolute atomic E-state index is 13.5. The number of aliphatic hydroxyl groups excluding tert-OH is 1. The van der Waals surface area contributed by atoms with Crippen LogP contribution in [-0.4, -0.2) is 16.9 Å². The van der Waals surface area contributed by atoms with Crippen molar-refractivity contribution in [2.75, 3.05) is 0 Å². The number of hydrogen-bond acceptors (Lipinski definition) is 1. The Morgan fingerprint density at radius 3 is 1.50 bits per heavy atom. The fourth-order valence-corrected chi connectivity index (χ4v) is 0.627.